The molecule has 0 aliphatic carbocycles. The van der Waals surface area contributed by atoms with Crippen LogP contribution in [0.15, 0.2) is 17.2 Å². The summed E-state index contributed by atoms with van der Waals surface area (Å²) in [4.78, 5) is 27.6. The molecule has 1 heterocycles. The predicted octanol–water partition coefficient (Wildman–Crippen LogP) is 0.924. The smallest absolute Gasteiger partial charge is 0.331 e. The van der Waals surface area contributed by atoms with Crippen LogP contribution >= 0.6 is 0 Å². The van der Waals surface area contributed by atoms with Gasteiger partial charge in [-0.3, -0.25) is 4.79 Å². The lowest BCUT2D eigenvalue weighted by Crippen LogP contribution is -2.46. The minimum atomic E-state index is -0.940. The highest BCUT2D eigenvalue weighted by Gasteiger charge is 2.34. The zero-order chi connectivity index (χ0) is 13.8. The molecule has 6 heteroatoms. The number of carbonyl (C=O) groups excluding carboxylic acids is 1. The third-order valence-corrected chi connectivity index (χ3v) is 2.80. The van der Waals surface area contributed by atoms with Crippen molar-refractivity contribution >= 4 is 11.8 Å². The third-order valence-electron chi connectivity index (χ3n) is 2.80. The van der Waals surface area contributed by atoms with Crippen LogP contribution < -0.4 is 10.9 Å². The Labute approximate surface area is 106 Å². The lowest BCUT2D eigenvalue weighted by molar-refractivity contribution is -0.145. The molecule has 1 rings (SSSR count). The summed E-state index contributed by atoms with van der Waals surface area (Å²) in [6.45, 7) is 3.66. The van der Waals surface area contributed by atoms with Crippen LogP contribution in [0.2, 0.25) is 0 Å². The lowest BCUT2D eigenvalue weighted by Gasteiger charge is -2.27. The van der Waals surface area contributed by atoms with E-state index in [1.165, 1.54) is 17.9 Å². The summed E-state index contributed by atoms with van der Waals surface area (Å²) < 4.78 is 6.17. The maximum absolute atomic E-state index is 11.8. The highest BCUT2D eigenvalue weighted by atomic mass is 16.5. The Morgan fingerprint density at radius 2 is 2.28 bits per heavy atom. The molecule has 0 aliphatic heterocycles. The Bertz CT molecular complexity index is 484. The molecule has 0 saturated heterocycles. The molecule has 0 saturated carbocycles. The number of ether oxygens (including phenoxy) is 1. The van der Waals surface area contributed by atoms with Crippen LogP contribution in [0.5, 0.6) is 0 Å². The van der Waals surface area contributed by atoms with E-state index in [9.17, 15) is 9.59 Å². The van der Waals surface area contributed by atoms with E-state index in [0.717, 1.165) is 6.42 Å². The van der Waals surface area contributed by atoms with Gasteiger partial charge in [-0.15, -0.1) is 0 Å². The zero-order valence-corrected chi connectivity index (χ0v) is 11.2. The highest BCUT2D eigenvalue weighted by Crippen LogP contribution is 2.18. The molecule has 0 aromatic carbocycles. The van der Waals surface area contributed by atoms with E-state index in [1.807, 2.05) is 6.92 Å². The molecule has 1 unspecified atom stereocenters. The Morgan fingerprint density at radius 3 is 2.83 bits per heavy atom. The molecule has 6 nitrogen and oxygen atoms in total. The maximum atomic E-state index is 11.8. The second kappa shape index (κ2) is 5.66. The standard InChI is InChI=1S/C12H19N3O3/c1-5-6-12(2,11(17)18-4)14-9-10(16)15(3)8-7-13-9/h7-8H,5-6H2,1-4H3,(H,13,14). The minimum absolute atomic E-state index is 0.154. The van der Waals surface area contributed by atoms with Crippen LogP contribution in [0.1, 0.15) is 26.7 Å². The Kier molecular flexibility index (Phi) is 4.47. The van der Waals surface area contributed by atoms with E-state index >= 15 is 0 Å². The summed E-state index contributed by atoms with van der Waals surface area (Å²) in [7, 11) is 2.96. The summed E-state index contributed by atoms with van der Waals surface area (Å²) >= 11 is 0. The van der Waals surface area contributed by atoms with Crippen molar-refractivity contribution in [3.8, 4) is 0 Å². The van der Waals surface area contributed by atoms with Crippen molar-refractivity contribution in [3.05, 3.63) is 22.7 Å². The molecular weight excluding hydrogens is 234 g/mol. The van der Waals surface area contributed by atoms with Crippen LogP contribution in [0.4, 0.5) is 5.82 Å². The average molecular weight is 253 g/mol. The number of methoxy groups -OCH3 is 1. The summed E-state index contributed by atoms with van der Waals surface area (Å²) in [5, 5.41) is 2.90. The summed E-state index contributed by atoms with van der Waals surface area (Å²) in [5.41, 5.74) is -1.21. The molecule has 1 aromatic heterocycles. The van der Waals surface area contributed by atoms with Gasteiger partial charge >= 0.3 is 5.97 Å². The fraction of sp³-hybridized carbons (Fsp3) is 0.583. The van der Waals surface area contributed by atoms with Crippen LogP contribution in [0, 0.1) is 0 Å². The van der Waals surface area contributed by atoms with Gasteiger partial charge in [0.1, 0.15) is 5.54 Å². The average Bonchev–Trinajstić information content (AvgIpc) is 2.34. The zero-order valence-electron chi connectivity index (χ0n) is 11.2. The van der Waals surface area contributed by atoms with Crippen LogP contribution in [-0.2, 0) is 16.6 Å². The number of nitrogens with one attached hydrogen (secondary N) is 1. The molecule has 0 amide bonds. The van der Waals surface area contributed by atoms with E-state index in [-0.39, 0.29) is 11.4 Å². The molecule has 0 fully saturated rings. The molecule has 18 heavy (non-hydrogen) atoms. The number of carbonyl (C=O) groups is 1. The summed E-state index contributed by atoms with van der Waals surface area (Å²) in [6.07, 6.45) is 4.40. The van der Waals surface area contributed by atoms with Crippen molar-refractivity contribution < 1.29 is 9.53 Å². The monoisotopic (exact) mass is 253 g/mol. The number of hydrogen-bond donors (Lipinski definition) is 1. The topological polar surface area (TPSA) is 73.2 Å². The second-order valence-electron chi connectivity index (χ2n) is 4.39. The van der Waals surface area contributed by atoms with E-state index in [4.69, 9.17) is 4.74 Å². The third kappa shape index (κ3) is 2.88. The van der Waals surface area contributed by atoms with Crippen molar-refractivity contribution in [3.63, 3.8) is 0 Å². The van der Waals surface area contributed by atoms with Crippen LogP contribution in [0.25, 0.3) is 0 Å². The molecule has 100 valence electrons. The van der Waals surface area contributed by atoms with Gasteiger partial charge in [0.05, 0.1) is 7.11 Å². The lowest BCUT2D eigenvalue weighted by atomic mass is 9.96. The van der Waals surface area contributed by atoms with Crippen molar-refractivity contribution in [2.45, 2.75) is 32.2 Å². The van der Waals surface area contributed by atoms with Gasteiger partial charge in [0, 0.05) is 19.4 Å². The van der Waals surface area contributed by atoms with Gasteiger partial charge in [0.15, 0.2) is 5.82 Å². The molecule has 1 N–H and O–H groups in total. The van der Waals surface area contributed by atoms with Gasteiger partial charge in [-0.25, -0.2) is 9.78 Å². The second-order valence-corrected chi connectivity index (χ2v) is 4.39. The van der Waals surface area contributed by atoms with Crippen LogP contribution in [0.3, 0.4) is 0 Å². The Hall–Kier alpha value is -1.85. The van der Waals surface area contributed by atoms with E-state index < -0.39 is 11.5 Å². The van der Waals surface area contributed by atoms with Crippen molar-refractivity contribution in [1.29, 1.82) is 0 Å². The maximum Gasteiger partial charge on any atom is 0.331 e. The number of rotatable bonds is 5. The summed E-state index contributed by atoms with van der Waals surface area (Å²) in [5.74, 6) is -0.251. The molecule has 0 radical (unpaired) electrons. The van der Waals surface area contributed by atoms with Crippen molar-refractivity contribution in [1.82, 2.24) is 9.55 Å². The number of anilines is 1. The first-order chi connectivity index (χ1) is 8.44. The minimum Gasteiger partial charge on any atom is -0.467 e. The number of hydrogen-bond acceptors (Lipinski definition) is 5. The van der Waals surface area contributed by atoms with Gasteiger partial charge in [-0.05, 0) is 13.3 Å². The van der Waals surface area contributed by atoms with E-state index in [1.54, 1.807) is 20.2 Å². The van der Waals surface area contributed by atoms with E-state index in [0.29, 0.717) is 6.42 Å². The number of aromatic nitrogens is 2. The highest BCUT2D eigenvalue weighted by molar-refractivity contribution is 5.83. The Morgan fingerprint density at radius 1 is 1.61 bits per heavy atom. The molecular formula is C12H19N3O3. The quantitative estimate of drug-likeness (QED) is 0.790. The first-order valence-electron chi connectivity index (χ1n) is 5.83. The number of esters is 1. The molecule has 0 bridgehead atoms. The van der Waals surface area contributed by atoms with Gasteiger partial charge in [-0.1, -0.05) is 13.3 Å². The van der Waals surface area contributed by atoms with Gasteiger partial charge in [0.25, 0.3) is 5.56 Å². The fourth-order valence-electron chi connectivity index (χ4n) is 1.79. The van der Waals surface area contributed by atoms with Crippen molar-refractivity contribution in [2.75, 3.05) is 12.4 Å². The Balaban J connectivity index is 3.07. The molecule has 0 aliphatic rings. The van der Waals surface area contributed by atoms with Gasteiger partial charge in [-0.2, -0.15) is 0 Å². The van der Waals surface area contributed by atoms with Crippen molar-refractivity contribution in [2.24, 2.45) is 7.05 Å². The van der Waals surface area contributed by atoms with Crippen LogP contribution in [-0.4, -0.2) is 28.2 Å². The number of aryl methyl sites for hydroxylation is 1. The normalized spacial score (nSPS) is 13.8. The first-order valence-corrected chi connectivity index (χ1v) is 5.83. The predicted molar refractivity (Wildman–Crippen MR) is 68.4 cm³/mol. The van der Waals surface area contributed by atoms with Gasteiger partial charge < -0.3 is 14.6 Å². The van der Waals surface area contributed by atoms with Gasteiger partial charge in [0.2, 0.25) is 0 Å². The SMILES string of the molecule is CCCC(C)(Nc1nccn(C)c1=O)C(=O)OC. The summed E-state index contributed by atoms with van der Waals surface area (Å²) in [6, 6.07) is 0. The largest absolute Gasteiger partial charge is 0.467 e. The fourth-order valence-corrected chi connectivity index (χ4v) is 1.79. The number of nitrogens with zero attached hydrogens (tertiary/aromatic N) is 2. The molecule has 1 atom stereocenters. The molecule has 0 spiro atoms. The molecule has 1 aromatic rings. The first kappa shape index (κ1) is 14.2. The van der Waals surface area contributed by atoms with E-state index in [2.05, 4.69) is 10.3 Å².